The summed E-state index contributed by atoms with van der Waals surface area (Å²) < 4.78 is 0. The zero-order valence-electron chi connectivity index (χ0n) is 11.4. The van der Waals surface area contributed by atoms with Crippen LogP contribution in [0.1, 0.15) is 49.9 Å². The van der Waals surface area contributed by atoms with Gasteiger partial charge in [-0.2, -0.15) is 0 Å². The van der Waals surface area contributed by atoms with Gasteiger partial charge >= 0.3 is 0 Å². The Morgan fingerprint density at radius 1 is 1.53 bits per heavy atom. The Bertz CT molecular complexity index is 488. The number of carbonyl (C=O) groups is 1. The van der Waals surface area contributed by atoms with Crippen molar-refractivity contribution < 1.29 is 4.79 Å². The van der Waals surface area contributed by atoms with E-state index in [1.807, 2.05) is 0 Å². The van der Waals surface area contributed by atoms with Crippen molar-refractivity contribution in [3.8, 4) is 0 Å². The molecule has 0 aliphatic heterocycles. The molecule has 0 spiro atoms. The van der Waals surface area contributed by atoms with E-state index >= 15 is 0 Å². The lowest BCUT2D eigenvalue weighted by atomic mass is 9.73. The number of hydrogen-bond donors (Lipinski definition) is 2. The lowest BCUT2D eigenvalue weighted by Gasteiger charge is -2.39. The maximum Gasteiger partial charge on any atom is 0.254 e. The molecule has 1 fully saturated rings. The van der Waals surface area contributed by atoms with Crippen LogP contribution >= 0.6 is 11.6 Å². The Balaban J connectivity index is 2.14. The Kier molecular flexibility index (Phi) is 3.99. The number of aromatic nitrogens is 1. The third kappa shape index (κ3) is 3.18. The van der Waals surface area contributed by atoms with Gasteiger partial charge in [-0.3, -0.25) is 4.79 Å². The average Bonchev–Trinajstić information content (AvgIpc) is 2.34. The van der Waals surface area contributed by atoms with E-state index in [1.54, 1.807) is 6.07 Å². The van der Waals surface area contributed by atoms with E-state index in [0.29, 0.717) is 11.3 Å². The van der Waals surface area contributed by atoms with E-state index in [0.717, 1.165) is 19.3 Å². The van der Waals surface area contributed by atoms with Crippen LogP contribution in [0.2, 0.25) is 5.15 Å². The maximum absolute atomic E-state index is 12.3. The van der Waals surface area contributed by atoms with Gasteiger partial charge in [-0.15, -0.1) is 0 Å². The molecule has 1 aliphatic carbocycles. The summed E-state index contributed by atoms with van der Waals surface area (Å²) in [6, 6.07) is 1.74. The van der Waals surface area contributed by atoms with E-state index in [-0.39, 0.29) is 22.5 Å². The molecular weight excluding hydrogens is 262 g/mol. The normalized spacial score (nSPS) is 21.9. The molecule has 1 aromatic heterocycles. The minimum Gasteiger partial charge on any atom is -0.397 e. The Morgan fingerprint density at radius 3 is 2.95 bits per heavy atom. The van der Waals surface area contributed by atoms with Gasteiger partial charge in [0, 0.05) is 6.04 Å². The molecule has 1 unspecified atom stereocenters. The second kappa shape index (κ2) is 5.37. The molecule has 4 nitrogen and oxygen atoms in total. The maximum atomic E-state index is 12.3. The third-order valence-corrected chi connectivity index (χ3v) is 4.22. The predicted octanol–water partition coefficient (Wildman–Crippen LogP) is 3.02. The van der Waals surface area contributed by atoms with E-state index in [2.05, 4.69) is 24.1 Å². The average molecular weight is 282 g/mol. The Morgan fingerprint density at radius 2 is 2.26 bits per heavy atom. The molecule has 0 bridgehead atoms. The second-order valence-corrected chi connectivity index (χ2v) is 6.23. The summed E-state index contributed by atoms with van der Waals surface area (Å²) in [5, 5.41) is 3.27. The number of rotatable bonds is 2. The number of nitrogens with one attached hydrogen (secondary N) is 1. The van der Waals surface area contributed by atoms with Crippen LogP contribution in [0.5, 0.6) is 0 Å². The van der Waals surface area contributed by atoms with Crippen LogP contribution in [-0.2, 0) is 0 Å². The molecule has 0 aromatic carbocycles. The predicted molar refractivity (Wildman–Crippen MR) is 77.2 cm³/mol. The van der Waals surface area contributed by atoms with Gasteiger partial charge in [0.25, 0.3) is 5.91 Å². The molecule has 0 radical (unpaired) electrons. The number of pyridine rings is 1. The molecule has 1 amide bonds. The van der Waals surface area contributed by atoms with E-state index in [1.165, 1.54) is 12.6 Å². The van der Waals surface area contributed by atoms with Crippen LogP contribution in [0, 0.1) is 5.41 Å². The first-order chi connectivity index (χ1) is 8.90. The van der Waals surface area contributed by atoms with E-state index in [9.17, 15) is 4.79 Å². The van der Waals surface area contributed by atoms with Crippen LogP contribution in [0.3, 0.4) is 0 Å². The fourth-order valence-corrected chi connectivity index (χ4v) is 2.81. The molecular formula is C14H20ClN3O. The van der Waals surface area contributed by atoms with Crippen molar-refractivity contribution in [3.63, 3.8) is 0 Å². The van der Waals surface area contributed by atoms with Crippen LogP contribution in [0.4, 0.5) is 5.69 Å². The van der Waals surface area contributed by atoms with Gasteiger partial charge in [0.1, 0.15) is 5.15 Å². The van der Waals surface area contributed by atoms with Gasteiger partial charge in [0.05, 0.1) is 17.4 Å². The highest BCUT2D eigenvalue weighted by Gasteiger charge is 2.33. The van der Waals surface area contributed by atoms with Crippen molar-refractivity contribution in [2.45, 2.75) is 45.6 Å². The number of hydrogen-bond acceptors (Lipinski definition) is 3. The first-order valence-electron chi connectivity index (χ1n) is 6.62. The summed E-state index contributed by atoms with van der Waals surface area (Å²) in [4.78, 5) is 16.2. The number of nitrogens with zero attached hydrogens (tertiary/aromatic N) is 1. The minimum absolute atomic E-state index is 0.119. The Labute approximate surface area is 118 Å². The molecule has 1 heterocycles. The first-order valence-corrected chi connectivity index (χ1v) is 7.00. The van der Waals surface area contributed by atoms with Crippen molar-refractivity contribution >= 4 is 23.2 Å². The number of nitrogen functional groups attached to an aromatic ring is 1. The van der Waals surface area contributed by atoms with Gasteiger partial charge < -0.3 is 11.1 Å². The highest BCUT2D eigenvalue weighted by Crippen LogP contribution is 2.35. The summed E-state index contributed by atoms with van der Waals surface area (Å²) >= 11 is 5.95. The van der Waals surface area contributed by atoms with Crippen molar-refractivity contribution in [2.24, 2.45) is 5.41 Å². The van der Waals surface area contributed by atoms with Gasteiger partial charge in [-0.05, 0) is 24.3 Å². The summed E-state index contributed by atoms with van der Waals surface area (Å²) in [5.74, 6) is -0.190. The second-order valence-electron chi connectivity index (χ2n) is 5.87. The molecule has 0 saturated heterocycles. The fraction of sp³-hybridized carbons (Fsp3) is 0.571. The van der Waals surface area contributed by atoms with Crippen LogP contribution in [0.25, 0.3) is 0 Å². The van der Waals surface area contributed by atoms with Crippen molar-refractivity contribution in [1.82, 2.24) is 10.3 Å². The van der Waals surface area contributed by atoms with Crippen molar-refractivity contribution in [2.75, 3.05) is 5.73 Å². The number of nitrogens with two attached hydrogens (primary N) is 1. The zero-order chi connectivity index (χ0) is 14.0. The standard InChI is InChI=1S/C14H20ClN3O/c1-14(2)6-4-3-5-11(14)18-13(19)10-7-9(16)8-17-12(10)15/h7-8,11H,3-6,16H2,1-2H3,(H,18,19). The highest BCUT2D eigenvalue weighted by molar-refractivity contribution is 6.32. The van der Waals surface area contributed by atoms with Gasteiger partial charge in [0.15, 0.2) is 0 Å². The van der Waals surface area contributed by atoms with E-state index < -0.39 is 0 Å². The highest BCUT2D eigenvalue weighted by atomic mass is 35.5. The van der Waals surface area contributed by atoms with Gasteiger partial charge in [0.2, 0.25) is 0 Å². The summed E-state index contributed by atoms with van der Waals surface area (Å²) in [6.45, 7) is 4.38. The lowest BCUT2D eigenvalue weighted by molar-refractivity contribution is 0.0853. The number of halogens is 1. The van der Waals surface area contributed by atoms with Gasteiger partial charge in [-0.25, -0.2) is 4.98 Å². The summed E-state index contributed by atoms with van der Waals surface area (Å²) in [5.41, 5.74) is 6.56. The zero-order valence-corrected chi connectivity index (χ0v) is 12.1. The largest absolute Gasteiger partial charge is 0.397 e. The lowest BCUT2D eigenvalue weighted by Crippen LogP contribution is -2.46. The molecule has 3 N–H and O–H groups in total. The molecule has 5 heteroatoms. The molecule has 1 atom stereocenters. The van der Waals surface area contributed by atoms with Gasteiger partial charge in [-0.1, -0.05) is 38.3 Å². The molecule has 1 aliphatic rings. The minimum atomic E-state index is -0.190. The fourth-order valence-electron chi connectivity index (χ4n) is 2.62. The number of amides is 1. The van der Waals surface area contributed by atoms with Crippen LogP contribution < -0.4 is 11.1 Å². The van der Waals surface area contributed by atoms with E-state index in [4.69, 9.17) is 17.3 Å². The van der Waals surface area contributed by atoms with Crippen molar-refractivity contribution in [1.29, 1.82) is 0 Å². The SMILES string of the molecule is CC1(C)CCCCC1NC(=O)c1cc(N)cnc1Cl. The smallest absolute Gasteiger partial charge is 0.254 e. The molecule has 1 aromatic rings. The first kappa shape index (κ1) is 14.1. The topological polar surface area (TPSA) is 68.0 Å². The molecule has 104 valence electrons. The van der Waals surface area contributed by atoms with Crippen LogP contribution in [-0.4, -0.2) is 16.9 Å². The quantitative estimate of drug-likeness (QED) is 0.819. The molecule has 2 rings (SSSR count). The third-order valence-electron chi connectivity index (χ3n) is 3.92. The number of anilines is 1. The Hall–Kier alpha value is -1.29. The molecule has 1 saturated carbocycles. The number of carbonyl (C=O) groups excluding carboxylic acids is 1. The summed E-state index contributed by atoms with van der Waals surface area (Å²) in [7, 11) is 0. The summed E-state index contributed by atoms with van der Waals surface area (Å²) in [6.07, 6.45) is 5.95. The molecule has 19 heavy (non-hydrogen) atoms. The van der Waals surface area contributed by atoms with Crippen LogP contribution in [0.15, 0.2) is 12.3 Å². The monoisotopic (exact) mass is 281 g/mol. The van der Waals surface area contributed by atoms with Crippen molar-refractivity contribution in [3.05, 3.63) is 23.0 Å².